The van der Waals surface area contributed by atoms with E-state index in [0.29, 0.717) is 37.4 Å². The van der Waals surface area contributed by atoms with Gasteiger partial charge in [-0.05, 0) is 36.2 Å². The van der Waals surface area contributed by atoms with Crippen LogP contribution in [-0.4, -0.2) is 24.0 Å². The lowest BCUT2D eigenvalue weighted by molar-refractivity contribution is -0.121. The molecular formula is C16H19N3O2. The van der Waals surface area contributed by atoms with Crippen LogP contribution >= 0.6 is 0 Å². The summed E-state index contributed by atoms with van der Waals surface area (Å²) < 4.78 is 5.50. The summed E-state index contributed by atoms with van der Waals surface area (Å²) in [5.74, 6) is 0.726. The van der Waals surface area contributed by atoms with Gasteiger partial charge in [-0.1, -0.05) is 6.07 Å². The Labute approximate surface area is 124 Å². The fourth-order valence-electron chi connectivity index (χ4n) is 1.86. The van der Waals surface area contributed by atoms with Crippen LogP contribution in [0.1, 0.15) is 12.0 Å². The number of ether oxygens (including phenoxy) is 1. The SMILES string of the molecule is Nc1cccc(OCCNC(=O)CCc2ccncc2)c1. The van der Waals surface area contributed by atoms with E-state index < -0.39 is 0 Å². The summed E-state index contributed by atoms with van der Waals surface area (Å²) in [6.45, 7) is 0.897. The molecule has 2 aromatic rings. The van der Waals surface area contributed by atoms with Gasteiger partial charge in [0.15, 0.2) is 0 Å². The fourth-order valence-corrected chi connectivity index (χ4v) is 1.86. The van der Waals surface area contributed by atoms with Crippen molar-refractivity contribution in [3.8, 4) is 5.75 Å². The van der Waals surface area contributed by atoms with E-state index in [1.165, 1.54) is 0 Å². The number of aryl methyl sites for hydroxylation is 1. The van der Waals surface area contributed by atoms with Crippen molar-refractivity contribution in [3.63, 3.8) is 0 Å². The van der Waals surface area contributed by atoms with Crippen molar-refractivity contribution in [2.45, 2.75) is 12.8 Å². The lowest BCUT2D eigenvalue weighted by Gasteiger charge is -2.08. The summed E-state index contributed by atoms with van der Waals surface area (Å²) in [6.07, 6.45) is 4.63. The average Bonchev–Trinajstić information content (AvgIpc) is 2.51. The number of nitrogens with one attached hydrogen (secondary N) is 1. The van der Waals surface area contributed by atoms with E-state index in [-0.39, 0.29) is 5.91 Å². The molecule has 0 bridgehead atoms. The number of hydrogen-bond acceptors (Lipinski definition) is 4. The van der Waals surface area contributed by atoms with Crippen LogP contribution in [-0.2, 0) is 11.2 Å². The number of pyridine rings is 1. The molecule has 5 nitrogen and oxygen atoms in total. The number of carbonyl (C=O) groups is 1. The average molecular weight is 285 g/mol. The topological polar surface area (TPSA) is 77.2 Å². The third-order valence-electron chi connectivity index (χ3n) is 2.94. The molecule has 110 valence electrons. The van der Waals surface area contributed by atoms with Crippen molar-refractivity contribution in [2.24, 2.45) is 0 Å². The summed E-state index contributed by atoms with van der Waals surface area (Å²) in [7, 11) is 0. The van der Waals surface area contributed by atoms with Gasteiger partial charge in [0.1, 0.15) is 12.4 Å². The fraction of sp³-hybridized carbons (Fsp3) is 0.250. The molecule has 3 N–H and O–H groups in total. The highest BCUT2D eigenvalue weighted by Crippen LogP contribution is 2.13. The Bertz CT molecular complexity index is 573. The maximum Gasteiger partial charge on any atom is 0.220 e. The molecule has 0 fully saturated rings. The Hall–Kier alpha value is -2.56. The van der Waals surface area contributed by atoms with Crippen LogP contribution in [0.15, 0.2) is 48.8 Å². The molecule has 0 saturated carbocycles. The molecule has 1 aromatic heterocycles. The summed E-state index contributed by atoms with van der Waals surface area (Å²) in [4.78, 5) is 15.6. The van der Waals surface area contributed by atoms with E-state index in [4.69, 9.17) is 10.5 Å². The molecule has 5 heteroatoms. The van der Waals surface area contributed by atoms with Gasteiger partial charge >= 0.3 is 0 Å². The van der Waals surface area contributed by atoms with Gasteiger partial charge in [-0.2, -0.15) is 0 Å². The van der Waals surface area contributed by atoms with Crippen LogP contribution < -0.4 is 15.8 Å². The maximum absolute atomic E-state index is 11.7. The van der Waals surface area contributed by atoms with Crippen LogP contribution in [0.5, 0.6) is 5.75 Å². The molecule has 0 unspecified atom stereocenters. The number of anilines is 1. The van der Waals surface area contributed by atoms with Gasteiger partial charge in [-0.3, -0.25) is 9.78 Å². The molecule has 0 radical (unpaired) electrons. The highest BCUT2D eigenvalue weighted by atomic mass is 16.5. The third-order valence-corrected chi connectivity index (χ3v) is 2.94. The zero-order valence-corrected chi connectivity index (χ0v) is 11.8. The van der Waals surface area contributed by atoms with Crippen molar-refractivity contribution >= 4 is 11.6 Å². The van der Waals surface area contributed by atoms with Crippen molar-refractivity contribution in [2.75, 3.05) is 18.9 Å². The van der Waals surface area contributed by atoms with Crippen LogP contribution in [0.2, 0.25) is 0 Å². The minimum absolute atomic E-state index is 0.0167. The van der Waals surface area contributed by atoms with Gasteiger partial charge < -0.3 is 15.8 Å². The number of carbonyl (C=O) groups excluding carboxylic acids is 1. The predicted molar refractivity (Wildman–Crippen MR) is 81.9 cm³/mol. The number of nitrogen functional groups attached to an aromatic ring is 1. The molecule has 1 amide bonds. The number of amides is 1. The van der Waals surface area contributed by atoms with Gasteiger partial charge in [0.2, 0.25) is 5.91 Å². The maximum atomic E-state index is 11.7. The van der Waals surface area contributed by atoms with Crippen molar-refractivity contribution in [1.29, 1.82) is 0 Å². The van der Waals surface area contributed by atoms with E-state index in [2.05, 4.69) is 10.3 Å². The molecule has 2 rings (SSSR count). The number of hydrogen-bond donors (Lipinski definition) is 2. The van der Waals surface area contributed by atoms with Crippen molar-refractivity contribution in [1.82, 2.24) is 10.3 Å². The van der Waals surface area contributed by atoms with Gasteiger partial charge in [0.25, 0.3) is 0 Å². The Morgan fingerprint density at radius 1 is 1.24 bits per heavy atom. The summed E-state index contributed by atoms with van der Waals surface area (Å²) in [6, 6.07) is 11.0. The Kier molecular flexibility index (Phi) is 5.58. The zero-order chi connectivity index (χ0) is 14.9. The minimum Gasteiger partial charge on any atom is -0.492 e. The molecule has 0 aliphatic carbocycles. The first-order valence-corrected chi connectivity index (χ1v) is 6.88. The monoisotopic (exact) mass is 285 g/mol. The lowest BCUT2D eigenvalue weighted by atomic mass is 10.1. The van der Waals surface area contributed by atoms with E-state index in [0.717, 1.165) is 5.56 Å². The molecule has 21 heavy (non-hydrogen) atoms. The second kappa shape index (κ2) is 7.89. The Balaban J connectivity index is 1.61. The first kappa shape index (κ1) is 14.8. The number of nitrogens with zero attached hydrogens (tertiary/aromatic N) is 1. The number of rotatable bonds is 7. The largest absolute Gasteiger partial charge is 0.492 e. The van der Waals surface area contributed by atoms with Crippen molar-refractivity contribution < 1.29 is 9.53 Å². The van der Waals surface area contributed by atoms with Crippen LogP contribution in [0.3, 0.4) is 0 Å². The second-order valence-corrected chi connectivity index (χ2v) is 4.63. The first-order chi connectivity index (χ1) is 10.2. The Morgan fingerprint density at radius 3 is 2.81 bits per heavy atom. The van der Waals surface area contributed by atoms with Gasteiger partial charge in [0.05, 0.1) is 6.54 Å². The minimum atomic E-state index is 0.0167. The van der Waals surface area contributed by atoms with E-state index in [1.54, 1.807) is 24.5 Å². The van der Waals surface area contributed by atoms with Crippen LogP contribution in [0.4, 0.5) is 5.69 Å². The highest BCUT2D eigenvalue weighted by molar-refractivity contribution is 5.76. The lowest BCUT2D eigenvalue weighted by Crippen LogP contribution is -2.28. The van der Waals surface area contributed by atoms with E-state index >= 15 is 0 Å². The number of nitrogens with two attached hydrogens (primary N) is 1. The number of benzene rings is 1. The van der Waals surface area contributed by atoms with Gasteiger partial charge in [-0.15, -0.1) is 0 Å². The molecule has 0 saturated heterocycles. The van der Waals surface area contributed by atoms with Crippen molar-refractivity contribution in [3.05, 3.63) is 54.4 Å². The van der Waals surface area contributed by atoms with E-state index in [1.807, 2.05) is 24.3 Å². The molecule has 0 aliphatic heterocycles. The first-order valence-electron chi connectivity index (χ1n) is 6.88. The standard InChI is InChI=1S/C16H19N3O2/c17-14-2-1-3-15(12-14)21-11-10-19-16(20)5-4-13-6-8-18-9-7-13/h1-3,6-9,12H,4-5,10-11,17H2,(H,19,20). The van der Waals surface area contributed by atoms with Crippen LogP contribution in [0.25, 0.3) is 0 Å². The predicted octanol–water partition coefficient (Wildman–Crippen LogP) is 1.79. The van der Waals surface area contributed by atoms with Gasteiger partial charge in [0, 0.05) is 30.6 Å². The zero-order valence-electron chi connectivity index (χ0n) is 11.8. The second-order valence-electron chi connectivity index (χ2n) is 4.63. The third kappa shape index (κ3) is 5.52. The molecule has 0 aliphatic rings. The number of aromatic nitrogens is 1. The molecule has 1 heterocycles. The normalized spacial score (nSPS) is 10.1. The molecular weight excluding hydrogens is 266 g/mol. The Morgan fingerprint density at radius 2 is 2.05 bits per heavy atom. The highest BCUT2D eigenvalue weighted by Gasteiger charge is 2.02. The molecule has 1 aromatic carbocycles. The smallest absolute Gasteiger partial charge is 0.220 e. The summed E-state index contributed by atoms with van der Waals surface area (Å²) in [5, 5.41) is 2.83. The summed E-state index contributed by atoms with van der Waals surface area (Å²) in [5.41, 5.74) is 7.42. The van der Waals surface area contributed by atoms with E-state index in [9.17, 15) is 4.79 Å². The van der Waals surface area contributed by atoms with Crippen LogP contribution in [0, 0.1) is 0 Å². The van der Waals surface area contributed by atoms with Gasteiger partial charge in [-0.25, -0.2) is 0 Å². The quantitative estimate of drug-likeness (QED) is 0.600. The summed E-state index contributed by atoms with van der Waals surface area (Å²) >= 11 is 0. The molecule has 0 spiro atoms. The molecule has 0 atom stereocenters.